The first-order valence-corrected chi connectivity index (χ1v) is 9.27. The molecule has 3 rings (SSSR count). The van der Waals surface area contributed by atoms with Gasteiger partial charge in [-0.15, -0.1) is 0 Å². The molecule has 2 N–H and O–H groups in total. The van der Waals surface area contributed by atoms with Crippen molar-refractivity contribution < 1.29 is 8.42 Å². The average Bonchev–Trinajstić information content (AvgIpc) is 3.30. The van der Waals surface area contributed by atoms with E-state index < -0.39 is 10.0 Å². The zero-order valence-corrected chi connectivity index (χ0v) is 14.2. The monoisotopic (exact) mass is 381 g/mol. The van der Waals surface area contributed by atoms with E-state index in [1.807, 2.05) is 24.3 Å². The van der Waals surface area contributed by atoms with Crippen LogP contribution in [0, 0.1) is 0 Å². The molecule has 1 aromatic carbocycles. The molecule has 1 heterocycles. The van der Waals surface area contributed by atoms with Crippen molar-refractivity contribution in [1.82, 2.24) is 9.71 Å². The molecule has 1 aliphatic rings. The van der Waals surface area contributed by atoms with E-state index in [0.717, 1.165) is 28.7 Å². The quantitative estimate of drug-likeness (QED) is 0.806. The minimum atomic E-state index is -3.37. The van der Waals surface area contributed by atoms with Crippen LogP contribution in [0.1, 0.15) is 18.4 Å². The van der Waals surface area contributed by atoms with Crippen molar-refractivity contribution in [2.45, 2.75) is 30.3 Å². The summed E-state index contributed by atoms with van der Waals surface area (Å²) < 4.78 is 27.7. The van der Waals surface area contributed by atoms with Gasteiger partial charge in [-0.25, -0.2) is 18.1 Å². The fraction of sp³-hybridized carbons (Fsp3) is 0.267. The number of anilines is 1. The predicted molar refractivity (Wildman–Crippen MR) is 89.0 cm³/mol. The lowest BCUT2D eigenvalue weighted by molar-refractivity contribution is 0.581. The second-order valence-electron chi connectivity index (χ2n) is 5.25. The van der Waals surface area contributed by atoms with Gasteiger partial charge >= 0.3 is 0 Å². The van der Waals surface area contributed by atoms with Crippen LogP contribution in [0.3, 0.4) is 0 Å². The first-order chi connectivity index (χ1) is 10.5. The van der Waals surface area contributed by atoms with Crippen molar-refractivity contribution in [3.8, 4) is 0 Å². The average molecular weight is 382 g/mol. The van der Waals surface area contributed by atoms with E-state index in [0.29, 0.717) is 11.4 Å². The van der Waals surface area contributed by atoms with Gasteiger partial charge in [0.05, 0.1) is 4.90 Å². The molecule has 1 aliphatic carbocycles. The molecular formula is C15H16BrN3O2S. The SMILES string of the molecule is O=S(=O)(NC1CC1)c1ccc(CNc2ccc(Br)cn2)cc1. The summed E-state index contributed by atoms with van der Waals surface area (Å²) in [7, 11) is -3.37. The van der Waals surface area contributed by atoms with Gasteiger partial charge < -0.3 is 5.32 Å². The van der Waals surface area contributed by atoms with E-state index >= 15 is 0 Å². The first kappa shape index (κ1) is 15.5. The van der Waals surface area contributed by atoms with Crippen molar-refractivity contribution in [3.05, 3.63) is 52.6 Å². The van der Waals surface area contributed by atoms with E-state index in [-0.39, 0.29) is 6.04 Å². The summed E-state index contributed by atoms with van der Waals surface area (Å²) >= 11 is 3.34. The molecule has 0 spiro atoms. The second-order valence-corrected chi connectivity index (χ2v) is 7.88. The molecule has 0 unspecified atom stereocenters. The van der Waals surface area contributed by atoms with Gasteiger partial charge in [-0.3, -0.25) is 0 Å². The summed E-state index contributed by atoms with van der Waals surface area (Å²) in [6, 6.07) is 10.8. The van der Waals surface area contributed by atoms with Gasteiger partial charge in [0, 0.05) is 23.3 Å². The third-order valence-electron chi connectivity index (χ3n) is 3.33. The molecule has 0 bridgehead atoms. The number of hydrogen-bond donors (Lipinski definition) is 2. The van der Waals surface area contributed by atoms with Gasteiger partial charge in [0.2, 0.25) is 10.0 Å². The lowest BCUT2D eigenvalue weighted by Crippen LogP contribution is -2.25. The van der Waals surface area contributed by atoms with Crippen molar-refractivity contribution in [2.24, 2.45) is 0 Å². The largest absolute Gasteiger partial charge is 0.366 e. The van der Waals surface area contributed by atoms with Gasteiger partial charge in [-0.05, 0) is 58.6 Å². The molecule has 1 saturated carbocycles. The Morgan fingerprint density at radius 3 is 2.45 bits per heavy atom. The summed E-state index contributed by atoms with van der Waals surface area (Å²) in [6.45, 7) is 0.588. The van der Waals surface area contributed by atoms with Crippen molar-refractivity contribution in [2.75, 3.05) is 5.32 Å². The molecule has 0 radical (unpaired) electrons. The number of aromatic nitrogens is 1. The van der Waals surface area contributed by atoms with E-state index in [2.05, 4.69) is 31.0 Å². The summed E-state index contributed by atoms with van der Waals surface area (Å²) in [5.41, 5.74) is 0.995. The number of benzene rings is 1. The van der Waals surface area contributed by atoms with Gasteiger partial charge in [0.25, 0.3) is 0 Å². The Morgan fingerprint density at radius 1 is 1.14 bits per heavy atom. The Hall–Kier alpha value is -1.44. The molecule has 0 saturated heterocycles. The Morgan fingerprint density at radius 2 is 1.86 bits per heavy atom. The Labute approximate surface area is 138 Å². The van der Waals surface area contributed by atoms with Gasteiger partial charge in [0.15, 0.2) is 0 Å². The highest BCUT2D eigenvalue weighted by Crippen LogP contribution is 2.22. The highest BCUT2D eigenvalue weighted by Gasteiger charge is 2.27. The van der Waals surface area contributed by atoms with Gasteiger partial charge in [-0.1, -0.05) is 12.1 Å². The van der Waals surface area contributed by atoms with Crippen LogP contribution in [0.4, 0.5) is 5.82 Å². The highest BCUT2D eigenvalue weighted by molar-refractivity contribution is 9.10. The van der Waals surface area contributed by atoms with Crippen LogP contribution in [0.5, 0.6) is 0 Å². The normalized spacial score (nSPS) is 14.8. The van der Waals surface area contributed by atoms with Crippen molar-refractivity contribution in [3.63, 3.8) is 0 Å². The number of sulfonamides is 1. The number of nitrogens with zero attached hydrogens (tertiary/aromatic N) is 1. The standard InChI is InChI=1S/C15H16BrN3O2S/c16-12-3-8-15(18-10-12)17-9-11-1-6-14(7-2-11)22(20,21)19-13-4-5-13/h1-3,6-8,10,13,19H,4-5,9H2,(H,17,18). The minimum absolute atomic E-state index is 0.120. The van der Waals surface area contributed by atoms with Crippen molar-refractivity contribution >= 4 is 31.8 Å². The lowest BCUT2D eigenvalue weighted by Gasteiger charge is -2.08. The summed E-state index contributed by atoms with van der Waals surface area (Å²) in [4.78, 5) is 4.54. The minimum Gasteiger partial charge on any atom is -0.366 e. The van der Waals surface area contributed by atoms with E-state index in [1.165, 1.54) is 0 Å². The van der Waals surface area contributed by atoms with Crippen LogP contribution >= 0.6 is 15.9 Å². The number of rotatable bonds is 6. The summed E-state index contributed by atoms with van der Waals surface area (Å²) in [5, 5.41) is 3.19. The van der Waals surface area contributed by atoms with E-state index in [4.69, 9.17) is 0 Å². The number of pyridine rings is 1. The third kappa shape index (κ3) is 4.06. The Kier molecular flexibility index (Phi) is 4.46. The second kappa shape index (κ2) is 6.36. The molecule has 0 amide bonds. The van der Waals surface area contributed by atoms with Crippen LogP contribution < -0.4 is 10.0 Å². The summed E-state index contributed by atoms with van der Waals surface area (Å²) in [5.74, 6) is 0.773. The highest BCUT2D eigenvalue weighted by atomic mass is 79.9. The third-order valence-corrected chi connectivity index (χ3v) is 5.34. The zero-order valence-electron chi connectivity index (χ0n) is 11.8. The van der Waals surface area contributed by atoms with Crippen molar-refractivity contribution in [1.29, 1.82) is 0 Å². The van der Waals surface area contributed by atoms with Crippen LogP contribution in [-0.4, -0.2) is 19.4 Å². The van der Waals surface area contributed by atoms with Gasteiger partial charge in [-0.2, -0.15) is 0 Å². The molecule has 1 fully saturated rings. The maximum absolute atomic E-state index is 12.1. The Bertz CT molecular complexity index is 741. The summed E-state index contributed by atoms with van der Waals surface area (Å²) in [6.07, 6.45) is 3.59. The molecule has 7 heteroatoms. The molecule has 5 nitrogen and oxygen atoms in total. The molecule has 116 valence electrons. The van der Waals surface area contributed by atoms with Crippen LogP contribution in [0.2, 0.25) is 0 Å². The lowest BCUT2D eigenvalue weighted by atomic mass is 10.2. The first-order valence-electron chi connectivity index (χ1n) is 7.00. The number of nitrogens with one attached hydrogen (secondary N) is 2. The zero-order chi connectivity index (χ0) is 15.6. The maximum Gasteiger partial charge on any atom is 0.240 e. The molecule has 2 aromatic rings. The Balaban J connectivity index is 1.62. The molecule has 22 heavy (non-hydrogen) atoms. The fourth-order valence-electron chi connectivity index (χ4n) is 1.95. The topological polar surface area (TPSA) is 71.1 Å². The molecule has 0 atom stereocenters. The fourth-order valence-corrected chi connectivity index (χ4v) is 3.49. The molecule has 1 aromatic heterocycles. The number of hydrogen-bond acceptors (Lipinski definition) is 4. The molecular weight excluding hydrogens is 366 g/mol. The van der Waals surface area contributed by atoms with Crippen LogP contribution in [-0.2, 0) is 16.6 Å². The van der Waals surface area contributed by atoms with E-state index in [1.54, 1.807) is 18.3 Å². The van der Waals surface area contributed by atoms with E-state index in [9.17, 15) is 8.42 Å². The number of halogens is 1. The van der Waals surface area contributed by atoms with Gasteiger partial charge in [0.1, 0.15) is 5.82 Å². The van der Waals surface area contributed by atoms with Crippen LogP contribution in [0.15, 0.2) is 52.0 Å². The van der Waals surface area contributed by atoms with Crippen LogP contribution in [0.25, 0.3) is 0 Å². The smallest absolute Gasteiger partial charge is 0.240 e. The predicted octanol–water partition coefficient (Wildman–Crippen LogP) is 2.90. The molecule has 0 aliphatic heterocycles. The maximum atomic E-state index is 12.1.